The summed E-state index contributed by atoms with van der Waals surface area (Å²) in [5.74, 6) is -3.29. The number of amides is 4. The Morgan fingerprint density at radius 1 is 1.03 bits per heavy atom. The van der Waals surface area contributed by atoms with Gasteiger partial charge in [0.1, 0.15) is 24.2 Å². The first-order chi connectivity index (χ1) is 14.2. The predicted molar refractivity (Wildman–Crippen MR) is 103 cm³/mol. The maximum Gasteiger partial charge on any atom is 0.328 e. The third-order valence-corrected chi connectivity index (χ3v) is 5.39. The van der Waals surface area contributed by atoms with E-state index >= 15 is 0 Å². The number of carboxylic acids is 1. The molecule has 2 aliphatic heterocycles. The van der Waals surface area contributed by atoms with E-state index in [2.05, 4.69) is 10.6 Å². The van der Waals surface area contributed by atoms with Gasteiger partial charge in [-0.25, -0.2) is 4.79 Å². The van der Waals surface area contributed by atoms with E-state index in [1.165, 1.54) is 16.7 Å². The van der Waals surface area contributed by atoms with Gasteiger partial charge in [0.15, 0.2) is 0 Å². The van der Waals surface area contributed by atoms with Gasteiger partial charge in [-0.05, 0) is 32.6 Å². The van der Waals surface area contributed by atoms with Crippen LogP contribution in [0, 0.1) is 0 Å². The van der Waals surface area contributed by atoms with Gasteiger partial charge in [-0.1, -0.05) is 0 Å². The number of carbonyl (C=O) groups excluding carboxylic acids is 4. The van der Waals surface area contributed by atoms with Crippen molar-refractivity contribution in [3.63, 3.8) is 0 Å². The quantitative estimate of drug-likeness (QED) is 0.271. The Kier molecular flexibility index (Phi) is 8.12. The van der Waals surface area contributed by atoms with Crippen molar-refractivity contribution in [3.05, 3.63) is 0 Å². The second-order valence-corrected chi connectivity index (χ2v) is 7.45. The molecule has 6 N–H and O–H groups in total. The number of aliphatic carboxylic acids is 1. The SMILES string of the molecule is C[C@H](NC(=O)CN)C(=O)N1CCC[C@H]1C(=O)N1CCC[C@H]1C(=O)N[C@@H](CO)C(=O)O. The van der Waals surface area contributed by atoms with Crippen molar-refractivity contribution < 1.29 is 34.2 Å². The second-order valence-electron chi connectivity index (χ2n) is 7.45. The number of nitrogens with zero attached hydrogens (tertiary/aromatic N) is 2. The van der Waals surface area contributed by atoms with Crippen LogP contribution >= 0.6 is 0 Å². The van der Waals surface area contributed by atoms with Crippen LogP contribution < -0.4 is 16.4 Å². The summed E-state index contributed by atoms with van der Waals surface area (Å²) >= 11 is 0. The van der Waals surface area contributed by atoms with Gasteiger partial charge in [-0.15, -0.1) is 0 Å². The molecule has 0 spiro atoms. The van der Waals surface area contributed by atoms with E-state index in [0.29, 0.717) is 38.8 Å². The Labute approximate surface area is 173 Å². The monoisotopic (exact) mass is 427 g/mol. The molecule has 0 unspecified atom stereocenters. The molecule has 2 saturated heterocycles. The lowest BCUT2D eigenvalue weighted by Gasteiger charge is -2.32. The first-order valence-electron chi connectivity index (χ1n) is 9.95. The maximum atomic E-state index is 13.1. The lowest BCUT2D eigenvalue weighted by molar-refractivity contribution is -0.148. The first kappa shape index (κ1) is 23.5. The Morgan fingerprint density at radius 3 is 2.20 bits per heavy atom. The fourth-order valence-corrected chi connectivity index (χ4v) is 3.85. The number of hydrogen-bond acceptors (Lipinski definition) is 7. The normalized spacial score (nSPS) is 23.0. The van der Waals surface area contributed by atoms with Crippen LogP contribution in [0.3, 0.4) is 0 Å². The van der Waals surface area contributed by atoms with Crippen molar-refractivity contribution in [3.8, 4) is 0 Å². The van der Waals surface area contributed by atoms with Crippen LogP contribution in [0.1, 0.15) is 32.6 Å². The largest absolute Gasteiger partial charge is 0.480 e. The highest BCUT2D eigenvalue weighted by Crippen LogP contribution is 2.25. The Hall–Kier alpha value is -2.73. The van der Waals surface area contributed by atoms with Gasteiger partial charge in [0.25, 0.3) is 0 Å². The lowest BCUT2D eigenvalue weighted by Crippen LogP contribution is -2.57. The fraction of sp³-hybridized carbons (Fsp3) is 0.722. The van der Waals surface area contributed by atoms with Crippen LogP contribution in [0.2, 0.25) is 0 Å². The fourth-order valence-electron chi connectivity index (χ4n) is 3.85. The average Bonchev–Trinajstić information content (AvgIpc) is 3.39. The summed E-state index contributed by atoms with van der Waals surface area (Å²) in [6.07, 6.45) is 1.96. The molecule has 2 fully saturated rings. The van der Waals surface area contributed by atoms with E-state index in [-0.39, 0.29) is 12.5 Å². The van der Waals surface area contributed by atoms with E-state index in [4.69, 9.17) is 15.9 Å². The molecular weight excluding hydrogens is 398 g/mol. The number of aliphatic hydroxyl groups is 1. The van der Waals surface area contributed by atoms with E-state index in [1.54, 1.807) is 0 Å². The molecule has 2 heterocycles. The molecule has 0 aromatic carbocycles. The van der Waals surface area contributed by atoms with E-state index in [0.717, 1.165) is 0 Å². The molecule has 0 aromatic heterocycles. The number of nitrogens with one attached hydrogen (secondary N) is 2. The third kappa shape index (κ3) is 5.25. The number of rotatable bonds is 8. The van der Waals surface area contributed by atoms with Gasteiger partial charge in [-0.2, -0.15) is 0 Å². The number of aliphatic hydroxyl groups excluding tert-OH is 1. The number of likely N-dealkylation sites (tertiary alicyclic amines) is 2. The van der Waals surface area contributed by atoms with Crippen LogP contribution in [0.25, 0.3) is 0 Å². The summed E-state index contributed by atoms with van der Waals surface area (Å²) in [7, 11) is 0. The van der Waals surface area contributed by atoms with Gasteiger partial charge in [0.05, 0.1) is 13.2 Å². The molecule has 0 aliphatic carbocycles. The molecule has 12 nitrogen and oxygen atoms in total. The molecule has 4 amide bonds. The zero-order valence-electron chi connectivity index (χ0n) is 16.9. The molecule has 0 aromatic rings. The summed E-state index contributed by atoms with van der Waals surface area (Å²) in [6.45, 7) is 1.16. The number of nitrogens with two attached hydrogens (primary N) is 1. The summed E-state index contributed by atoms with van der Waals surface area (Å²) in [4.78, 5) is 63.7. The van der Waals surface area contributed by atoms with Gasteiger partial charge in [0.2, 0.25) is 23.6 Å². The van der Waals surface area contributed by atoms with Crippen LogP contribution in [-0.2, 0) is 24.0 Å². The topological polar surface area (TPSA) is 182 Å². The van der Waals surface area contributed by atoms with E-state index in [1.807, 2.05) is 0 Å². The number of hydrogen-bond donors (Lipinski definition) is 5. The van der Waals surface area contributed by atoms with Crippen LogP contribution in [0.5, 0.6) is 0 Å². The highest BCUT2D eigenvalue weighted by atomic mass is 16.4. The van der Waals surface area contributed by atoms with Crippen molar-refractivity contribution in [2.24, 2.45) is 5.73 Å². The van der Waals surface area contributed by atoms with Gasteiger partial charge in [-0.3, -0.25) is 19.2 Å². The first-order valence-corrected chi connectivity index (χ1v) is 9.95. The highest BCUT2D eigenvalue weighted by molar-refractivity contribution is 5.95. The summed E-state index contributed by atoms with van der Waals surface area (Å²) in [6, 6.07) is -3.91. The van der Waals surface area contributed by atoms with Crippen molar-refractivity contribution >= 4 is 29.6 Å². The zero-order valence-corrected chi connectivity index (χ0v) is 16.9. The standard InChI is InChI=1S/C18H29N5O7/c1-10(20-14(25)8-19)16(27)23-7-3-5-13(23)17(28)22-6-2-4-12(22)15(26)21-11(9-24)18(29)30/h10-13,24H,2-9,19H2,1H3,(H,20,25)(H,21,26)(H,29,30)/t10-,11-,12-,13-/m0/s1. The van der Waals surface area contributed by atoms with Crippen LogP contribution in [-0.4, -0.2) is 100 Å². The van der Waals surface area contributed by atoms with E-state index < -0.39 is 54.5 Å². The lowest BCUT2D eigenvalue weighted by atomic mass is 10.1. The minimum atomic E-state index is -1.45. The van der Waals surface area contributed by atoms with Crippen molar-refractivity contribution in [1.29, 1.82) is 0 Å². The average molecular weight is 427 g/mol. The Bertz CT molecular complexity index is 700. The molecule has 2 aliphatic rings. The Balaban J connectivity index is 2.07. The molecule has 4 atom stereocenters. The zero-order chi connectivity index (χ0) is 22.4. The van der Waals surface area contributed by atoms with Gasteiger partial charge in [0, 0.05) is 13.1 Å². The van der Waals surface area contributed by atoms with Gasteiger partial charge >= 0.3 is 5.97 Å². The molecule has 0 radical (unpaired) electrons. The summed E-state index contributed by atoms with van der Waals surface area (Å²) < 4.78 is 0. The van der Waals surface area contributed by atoms with Crippen molar-refractivity contribution in [2.45, 2.75) is 56.8 Å². The molecule has 30 heavy (non-hydrogen) atoms. The molecular formula is C18H29N5O7. The molecule has 12 heteroatoms. The smallest absolute Gasteiger partial charge is 0.328 e. The molecule has 0 bridgehead atoms. The minimum Gasteiger partial charge on any atom is -0.480 e. The highest BCUT2D eigenvalue weighted by Gasteiger charge is 2.43. The van der Waals surface area contributed by atoms with Crippen LogP contribution in [0.15, 0.2) is 0 Å². The van der Waals surface area contributed by atoms with E-state index in [9.17, 15) is 24.0 Å². The molecule has 2 rings (SSSR count). The predicted octanol–water partition coefficient (Wildman–Crippen LogP) is -3.01. The Morgan fingerprint density at radius 2 is 1.63 bits per heavy atom. The van der Waals surface area contributed by atoms with Gasteiger partial charge < -0.3 is 36.4 Å². The van der Waals surface area contributed by atoms with Crippen molar-refractivity contribution in [1.82, 2.24) is 20.4 Å². The number of carbonyl (C=O) groups is 5. The number of carboxylic acid groups (broad SMARTS) is 1. The summed E-state index contributed by atoms with van der Waals surface area (Å²) in [5.41, 5.74) is 5.25. The maximum absolute atomic E-state index is 13.1. The molecule has 0 saturated carbocycles. The third-order valence-electron chi connectivity index (χ3n) is 5.39. The minimum absolute atomic E-state index is 0.254. The summed E-state index contributed by atoms with van der Waals surface area (Å²) in [5, 5.41) is 22.8. The second kappa shape index (κ2) is 10.3. The molecule has 168 valence electrons. The van der Waals surface area contributed by atoms with Crippen molar-refractivity contribution in [2.75, 3.05) is 26.2 Å². The van der Waals surface area contributed by atoms with Crippen LogP contribution in [0.4, 0.5) is 0 Å².